The summed E-state index contributed by atoms with van der Waals surface area (Å²) >= 11 is 0. The molecular formula is C21H23FN4O2. The average Bonchev–Trinajstić information content (AvgIpc) is 3.10. The number of aromatic nitrogens is 2. The molecule has 6 nitrogen and oxygen atoms in total. The molecule has 0 bridgehead atoms. The van der Waals surface area contributed by atoms with Crippen LogP contribution in [0.5, 0.6) is 0 Å². The Kier molecular flexibility index (Phi) is 5.64. The second-order valence-corrected chi connectivity index (χ2v) is 6.94. The highest BCUT2D eigenvalue weighted by atomic mass is 19.1. The third-order valence-electron chi connectivity index (χ3n) is 4.86. The van der Waals surface area contributed by atoms with Crippen molar-refractivity contribution in [2.45, 2.75) is 6.54 Å². The van der Waals surface area contributed by atoms with Gasteiger partial charge in [-0.3, -0.25) is 14.4 Å². The van der Waals surface area contributed by atoms with Crippen LogP contribution >= 0.6 is 0 Å². The summed E-state index contributed by atoms with van der Waals surface area (Å²) in [6, 6.07) is 11.9. The lowest BCUT2D eigenvalue weighted by Gasteiger charge is -2.26. The van der Waals surface area contributed by atoms with Gasteiger partial charge in [-0.2, -0.15) is 5.10 Å². The van der Waals surface area contributed by atoms with Gasteiger partial charge in [0.2, 0.25) is 0 Å². The standard InChI is InChI=1S/C21H23FN4O2/c22-19-3-1-2-16(12-19)14-26-15-18-13-17(4-5-20(18)24-26)21(27)23-6-7-25-8-10-28-11-9-25/h1-5,12-13,15H,6-11,14H2,(H,23,27). The van der Waals surface area contributed by atoms with Crippen LogP contribution in [-0.2, 0) is 11.3 Å². The maximum absolute atomic E-state index is 13.4. The van der Waals surface area contributed by atoms with Crippen LogP contribution in [0.15, 0.2) is 48.7 Å². The molecular weight excluding hydrogens is 359 g/mol. The summed E-state index contributed by atoms with van der Waals surface area (Å²) < 4.78 is 20.4. The Bertz CT molecular complexity index is 966. The smallest absolute Gasteiger partial charge is 0.251 e. The Hall–Kier alpha value is -2.77. The largest absolute Gasteiger partial charge is 0.379 e. The zero-order valence-corrected chi connectivity index (χ0v) is 15.6. The van der Waals surface area contributed by atoms with E-state index >= 15 is 0 Å². The van der Waals surface area contributed by atoms with Crippen LogP contribution in [0.4, 0.5) is 4.39 Å². The number of carbonyl (C=O) groups excluding carboxylic acids is 1. The van der Waals surface area contributed by atoms with Crippen LogP contribution in [0.25, 0.3) is 10.9 Å². The van der Waals surface area contributed by atoms with Gasteiger partial charge in [0.1, 0.15) is 5.82 Å². The van der Waals surface area contributed by atoms with Gasteiger partial charge in [0.25, 0.3) is 5.91 Å². The zero-order valence-electron chi connectivity index (χ0n) is 15.6. The lowest BCUT2D eigenvalue weighted by atomic mass is 10.1. The Morgan fingerprint density at radius 1 is 1.18 bits per heavy atom. The quantitative estimate of drug-likeness (QED) is 0.711. The molecule has 7 heteroatoms. The number of nitrogens with zero attached hydrogens (tertiary/aromatic N) is 3. The van der Waals surface area contributed by atoms with E-state index in [4.69, 9.17) is 4.74 Å². The van der Waals surface area contributed by atoms with Gasteiger partial charge in [-0.15, -0.1) is 0 Å². The summed E-state index contributed by atoms with van der Waals surface area (Å²) in [5.41, 5.74) is 2.26. The van der Waals surface area contributed by atoms with Crippen molar-refractivity contribution < 1.29 is 13.9 Å². The molecule has 1 aliphatic rings. The van der Waals surface area contributed by atoms with Gasteiger partial charge in [0, 0.05) is 43.3 Å². The number of hydrogen-bond donors (Lipinski definition) is 1. The van der Waals surface area contributed by atoms with Crippen LogP contribution in [0, 0.1) is 5.82 Å². The molecule has 0 aliphatic carbocycles. The summed E-state index contributed by atoms with van der Waals surface area (Å²) in [6.07, 6.45) is 1.88. The first-order valence-electron chi connectivity index (χ1n) is 9.47. The fraction of sp³-hybridized carbons (Fsp3) is 0.333. The van der Waals surface area contributed by atoms with Gasteiger partial charge in [-0.25, -0.2) is 4.39 Å². The van der Waals surface area contributed by atoms with Crippen LogP contribution in [0.3, 0.4) is 0 Å². The van der Waals surface area contributed by atoms with Gasteiger partial charge >= 0.3 is 0 Å². The second kappa shape index (κ2) is 8.50. The molecule has 146 valence electrons. The van der Waals surface area contributed by atoms with E-state index in [0.29, 0.717) is 18.7 Å². The molecule has 0 atom stereocenters. The highest BCUT2D eigenvalue weighted by molar-refractivity contribution is 5.97. The Balaban J connectivity index is 1.38. The number of amides is 1. The number of fused-ring (bicyclic) bond motifs is 1. The third kappa shape index (κ3) is 4.55. The van der Waals surface area contributed by atoms with Crippen molar-refractivity contribution in [3.8, 4) is 0 Å². The molecule has 2 heterocycles. The number of morpholine rings is 1. The van der Waals surface area contributed by atoms with Gasteiger partial charge in [0.05, 0.1) is 25.3 Å². The molecule has 1 aliphatic heterocycles. The van der Waals surface area contributed by atoms with Crippen molar-refractivity contribution >= 4 is 16.8 Å². The minimum Gasteiger partial charge on any atom is -0.379 e. The topological polar surface area (TPSA) is 59.4 Å². The van der Waals surface area contributed by atoms with E-state index in [1.165, 1.54) is 12.1 Å². The summed E-state index contributed by atoms with van der Waals surface area (Å²) in [7, 11) is 0. The Morgan fingerprint density at radius 2 is 2.04 bits per heavy atom. The van der Waals surface area contributed by atoms with Gasteiger partial charge in [-0.05, 0) is 35.9 Å². The molecule has 1 amide bonds. The van der Waals surface area contributed by atoms with Crippen molar-refractivity contribution in [3.63, 3.8) is 0 Å². The number of carbonyl (C=O) groups is 1. The third-order valence-corrected chi connectivity index (χ3v) is 4.86. The monoisotopic (exact) mass is 382 g/mol. The SMILES string of the molecule is O=C(NCCN1CCOCC1)c1ccc2nn(Cc3cccc(F)c3)cc2c1. The van der Waals surface area contributed by atoms with Crippen LogP contribution in [-0.4, -0.2) is 60.0 Å². The molecule has 1 N–H and O–H groups in total. The normalized spacial score (nSPS) is 15.0. The molecule has 1 fully saturated rings. The van der Waals surface area contributed by atoms with Crippen molar-refractivity contribution in [1.29, 1.82) is 0 Å². The summed E-state index contributed by atoms with van der Waals surface area (Å²) in [6.45, 7) is 5.24. The summed E-state index contributed by atoms with van der Waals surface area (Å²) in [5.74, 6) is -0.349. The molecule has 1 aromatic heterocycles. The highest BCUT2D eigenvalue weighted by Crippen LogP contribution is 2.16. The van der Waals surface area contributed by atoms with Crippen molar-refractivity contribution in [2.24, 2.45) is 0 Å². The van der Waals surface area contributed by atoms with Gasteiger partial charge in [-0.1, -0.05) is 12.1 Å². The molecule has 0 saturated carbocycles. The van der Waals surface area contributed by atoms with E-state index < -0.39 is 0 Å². The maximum atomic E-state index is 13.4. The maximum Gasteiger partial charge on any atom is 0.251 e. The van der Waals surface area contributed by atoms with Gasteiger partial charge < -0.3 is 10.1 Å². The first-order valence-corrected chi connectivity index (χ1v) is 9.47. The number of benzene rings is 2. The molecule has 0 spiro atoms. The predicted octanol–water partition coefficient (Wildman–Crippen LogP) is 2.29. The minimum atomic E-state index is -0.259. The number of hydrogen-bond acceptors (Lipinski definition) is 4. The predicted molar refractivity (Wildman–Crippen MR) is 105 cm³/mol. The zero-order chi connectivity index (χ0) is 19.3. The molecule has 0 unspecified atom stereocenters. The van der Waals surface area contributed by atoms with Crippen LogP contribution in [0.1, 0.15) is 15.9 Å². The lowest BCUT2D eigenvalue weighted by Crippen LogP contribution is -2.41. The number of halogens is 1. The van der Waals surface area contributed by atoms with Crippen molar-refractivity contribution in [3.05, 3.63) is 65.6 Å². The van der Waals surface area contributed by atoms with Crippen LogP contribution in [0.2, 0.25) is 0 Å². The fourth-order valence-electron chi connectivity index (χ4n) is 3.38. The van der Waals surface area contributed by atoms with E-state index in [2.05, 4.69) is 15.3 Å². The molecule has 2 aromatic carbocycles. The van der Waals surface area contributed by atoms with Crippen molar-refractivity contribution in [1.82, 2.24) is 20.0 Å². The average molecular weight is 382 g/mol. The molecule has 28 heavy (non-hydrogen) atoms. The Labute approximate surface area is 162 Å². The first-order chi connectivity index (χ1) is 13.7. The van der Waals surface area contributed by atoms with Crippen LogP contribution < -0.4 is 5.32 Å². The molecule has 4 rings (SSSR count). The Morgan fingerprint density at radius 3 is 2.86 bits per heavy atom. The lowest BCUT2D eigenvalue weighted by molar-refractivity contribution is 0.0383. The summed E-state index contributed by atoms with van der Waals surface area (Å²) in [5, 5.41) is 8.37. The molecule has 1 saturated heterocycles. The number of nitrogens with one attached hydrogen (secondary N) is 1. The number of ether oxygens (including phenoxy) is 1. The first kappa shape index (κ1) is 18.6. The van der Waals surface area contributed by atoms with E-state index in [0.717, 1.165) is 49.3 Å². The highest BCUT2D eigenvalue weighted by Gasteiger charge is 2.12. The number of rotatable bonds is 6. The van der Waals surface area contributed by atoms with Crippen molar-refractivity contribution in [2.75, 3.05) is 39.4 Å². The fourth-order valence-corrected chi connectivity index (χ4v) is 3.38. The van der Waals surface area contributed by atoms with E-state index in [-0.39, 0.29) is 11.7 Å². The van der Waals surface area contributed by atoms with E-state index in [1.807, 2.05) is 24.4 Å². The van der Waals surface area contributed by atoms with Gasteiger partial charge in [0.15, 0.2) is 0 Å². The minimum absolute atomic E-state index is 0.0898. The van der Waals surface area contributed by atoms with E-state index in [1.54, 1.807) is 16.8 Å². The molecule has 0 radical (unpaired) electrons. The summed E-state index contributed by atoms with van der Waals surface area (Å²) in [4.78, 5) is 14.7. The van der Waals surface area contributed by atoms with E-state index in [9.17, 15) is 9.18 Å². The second-order valence-electron chi connectivity index (χ2n) is 6.94. The molecule has 3 aromatic rings.